The molecule has 18 heavy (non-hydrogen) atoms. The van der Waals surface area contributed by atoms with Gasteiger partial charge < -0.3 is 0 Å². The van der Waals surface area contributed by atoms with Crippen LogP contribution in [0.2, 0.25) is 0 Å². The highest BCUT2D eigenvalue weighted by atomic mass is 14.0. The third-order valence-electron chi connectivity index (χ3n) is 3.51. The van der Waals surface area contributed by atoms with E-state index in [1.165, 1.54) is 70.6 Å². The predicted molar refractivity (Wildman–Crippen MR) is 81.5 cm³/mol. The van der Waals surface area contributed by atoms with Crippen molar-refractivity contribution in [3.63, 3.8) is 0 Å². The Morgan fingerprint density at radius 2 is 1.17 bits per heavy atom. The Kier molecular flexibility index (Phi) is 10.8. The molecule has 0 fully saturated rings. The van der Waals surface area contributed by atoms with Crippen molar-refractivity contribution in [1.29, 1.82) is 0 Å². The third-order valence-corrected chi connectivity index (χ3v) is 3.51. The predicted octanol–water partition coefficient (Wildman–Crippen LogP) is 6.15. The van der Waals surface area contributed by atoms with E-state index in [9.17, 15) is 0 Å². The van der Waals surface area contributed by atoms with Crippen molar-refractivity contribution in [1.82, 2.24) is 0 Å². The maximum absolute atomic E-state index is 3.34. The largest absolute Gasteiger partial charge is 0.0845 e. The van der Waals surface area contributed by atoms with Crippen molar-refractivity contribution in [2.75, 3.05) is 0 Å². The van der Waals surface area contributed by atoms with E-state index < -0.39 is 0 Å². The molecule has 0 aromatic rings. The van der Waals surface area contributed by atoms with Crippen LogP contribution in [0.5, 0.6) is 0 Å². The minimum atomic E-state index is 1.12. The van der Waals surface area contributed by atoms with Crippen molar-refractivity contribution in [2.24, 2.45) is 0 Å². The van der Waals surface area contributed by atoms with Crippen LogP contribution in [0.15, 0.2) is 30.4 Å². The molecule has 0 atom stereocenters. The first-order valence-electron chi connectivity index (χ1n) is 7.88. The van der Waals surface area contributed by atoms with Crippen LogP contribution in [-0.2, 0) is 0 Å². The first kappa shape index (κ1) is 15.3. The Bertz CT molecular complexity index is 219. The van der Waals surface area contributed by atoms with Gasteiger partial charge in [-0.1, -0.05) is 81.7 Å². The summed E-state index contributed by atoms with van der Waals surface area (Å²) in [5.41, 5.74) is 0. The molecule has 0 spiro atoms. The van der Waals surface area contributed by atoms with E-state index in [0.29, 0.717) is 0 Å². The smallest absolute Gasteiger partial charge is 0.0276 e. The van der Waals surface area contributed by atoms with Gasteiger partial charge in [0.2, 0.25) is 0 Å². The second-order valence-corrected chi connectivity index (χ2v) is 5.26. The van der Waals surface area contributed by atoms with E-state index in [2.05, 4.69) is 36.5 Å². The normalized spacial score (nSPS) is 26.7. The molecule has 0 aromatic heterocycles. The van der Waals surface area contributed by atoms with E-state index in [4.69, 9.17) is 0 Å². The average molecular weight is 245 g/mol. The van der Waals surface area contributed by atoms with Gasteiger partial charge in [-0.05, 0) is 31.8 Å². The van der Waals surface area contributed by atoms with Crippen LogP contribution in [0, 0.1) is 6.08 Å². The fraction of sp³-hybridized carbons (Fsp3) is 0.667. The van der Waals surface area contributed by atoms with Crippen molar-refractivity contribution in [3.05, 3.63) is 36.5 Å². The van der Waals surface area contributed by atoms with Crippen LogP contribution in [0.4, 0.5) is 0 Å². The molecule has 0 N–H and O–H groups in total. The standard InChI is InChI=1S/C18H29/c1-2-4-6-8-10-12-14-16-18-17-15-13-11-9-7-5-3-1/h1-5H,6,8-18H2/b3-1-,4-2+,7-5?. The molecular formula is C18H29. The summed E-state index contributed by atoms with van der Waals surface area (Å²) in [6, 6.07) is 0. The molecule has 1 aliphatic carbocycles. The molecule has 0 nitrogen and oxygen atoms in total. The Labute approximate surface area is 114 Å². The maximum Gasteiger partial charge on any atom is -0.0276 e. The van der Waals surface area contributed by atoms with Crippen LogP contribution >= 0.6 is 0 Å². The molecule has 0 saturated carbocycles. The summed E-state index contributed by atoms with van der Waals surface area (Å²) in [5.74, 6) is 0. The van der Waals surface area contributed by atoms with Gasteiger partial charge in [0.1, 0.15) is 0 Å². The molecule has 0 amide bonds. The third kappa shape index (κ3) is 10.4. The van der Waals surface area contributed by atoms with Crippen LogP contribution in [0.25, 0.3) is 0 Å². The summed E-state index contributed by atoms with van der Waals surface area (Å²) in [7, 11) is 0. The molecule has 0 heterocycles. The quantitative estimate of drug-likeness (QED) is 0.480. The maximum atomic E-state index is 3.34. The summed E-state index contributed by atoms with van der Waals surface area (Å²) < 4.78 is 0. The molecule has 1 radical (unpaired) electrons. The minimum absolute atomic E-state index is 1.12. The number of hydrogen-bond donors (Lipinski definition) is 0. The van der Waals surface area contributed by atoms with Gasteiger partial charge in [0, 0.05) is 0 Å². The molecule has 0 heteroatoms. The molecule has 1 aliphatic rings. The second kappa shape index (κ2) is 12.7. The summed E-state index contributed by atoms with van der Waals surface area (Å²) >= 11 is 0. The Morgan fingerprint density at radius 3 is 1.89 bits per heavy atom. The lowest BCUT2D eigenvalue weighted by atomic mass is 10.0. The summed E-state index contributed by atoms with van der Waals surface area (Å²) in [5, 5.41) is 0. The molecule has 0 aliphatic heterocycles. The fourth-order valence-electron chi connectivity index (χ4n) is 2.35. The first-order valence-corrected chi connectivity index (χ1v) is 7.88. The lowest BCUT2D eigenvalue weighted by molar-refractivity contribution is 0.553. The van der Waals surface area contributed by atoms with E-state index in [-0.39, 0.29) is 0 Å². The van der Waals surface area contributed by atoms with Gasteiger partial charge in [-0.15, -0.1) is 0 Å². The van der Waals surface area contributed by atoms with Gasteiger partial charge in [0.25, 0.3) is 0 Å². The van der Waals surface area contributed by atoms with Crippen LogP contribution in [-0.4, -0.2) is 0 Å². The van der Waals surface area contributed by atoms with Crippen molar-refractivity contribution in [3.8, 4) is 0 Å². The van der Waals surface area contributed by atoms with Gasteiger partial charge in [-0.25, -0.2) is 0 Å². The van der Waals surface area contributed by atoms with Gasteiger partial charge in [0.05, 0.1) is 0 Å². The van der Waals surface area contributed by atoms with Crippen LogP contribution < -0.4 is 0 Å². The molecular weight excluding hydrogens is 216 g/mol. The fourth-order valence-corrected chi connectivity index (χ4v) is 2.35. The van der Waals surface area contributed by atoms with E-state index in [1.54, 1.807) is 0 Å². The monoisotopic (exact) mass is 245 g/mol. The second-order valence-electron chi connectivity index (χ2n) is 5.26. The van der Waals surface area contributed by atoms with Crippen molar-refractivity contribution >= 4 is 0 Å². The zero-order valence-corrected chi connectivity index (χ0v) is 11.9. The molecule has 101 valence electrons. The molecule has 0 aromatic carbocycles. The topological polar surface area (TPSA) is 0 Å². The number of hydrogen-bond acceptors (Lipinski definition) is 0. The van der Waals surface area contributed by atoms with Crippen LogP contribution in [0.1, 0.15) is 77.0 Å². The van der Waals surface area contributed by atoms with Gasteiger partial charge >= 0.3 is 0 Å². The zero-order chi connectivity index (χ0) is 12.7. The minimum Gasteiger partial charge on any atom is -0.0845 e. The molecule has 0 saturated heterocycles. The highest BCUT2D eigenvalue weighted by Crippen LogP contribution is 2.12. The van der Waals surface area contributed by atoms with Gasteiger partial charge in [0.15, 0.2) is 0 Å². The van der Waals surface area contributed by atoms with Gasteiger partial charge in [-0.2, -0.15) is 0 Å². The lowest BCUT2D eigenvalue weighted by Gasteiger charge is -2.01. The van der Waals surface area contributed by atoms with E-state index in [1.807, 2.05) is 0 Å². The SMILES string of the molecule is [C]1=C/C=C\C=C\CCCCCCCCCCCC/1. The van der Waals surface area contributed by atoms with E-state index in [0.717, 1.165) is 6.42 Å². The number of allylic oxidation sites excluding steroid dienone is 6. The van der Waals surface area contributed by atoms with Crippen LogP contribution in [0.3, 0.4) is 0 Å². The summed E-state index contributed by atoms with van der Waals surface area (Å²) in [6.07, 6.45) is 30.5. The average Bonchev–Trinajstić information content (AvgIpc) is 2.39. The van der Waals surface area contributed by atoms with Gasteiger partial charge in [-0.3, -0.25) is 0 Å². The zero-order valence-electron chi connectivity index (χ0n) is 11.9. The highest BCUT2D eigenvalue weighted by molar-refractivity contribution is 5.09. The molecule has 0 unspecified atom stereocenters. The summed E-state index contributed by atoms with van der Waals surface area (Å²) in [4.78, 5) is 0. The Morgan fingerprint density at radius 1 is 0.556 bits per heavy atom. The summed E-state index contributed by atoms with van der Waals surface area (Å²) in [6.45, 7) is 0. The first-order chi connectivity index (χ1) is 9.00. The molecule has 0 bridgehead atoms. The highest BCUT2D eigenvalue weighted by Gasteiger charge is 1.92. The van der Waals surface area contributed by atoms with Crippen molar-refractivity contribution in [2.45, 2.75) is 77.0 Å². The van der Waals surface area contributed by atoms with E-state index >= 15 is 0 Å². The Balaban J connectivity index is 2.20. The Hall–Kier alpha value is -0.780. The molecule has 1 rings (SSSR count). The lowest BCUT2D eigenvalue weighted by Crippen LogP contribution is -1.82. The number of rotatable bonds is 0. The van der Waals surface area contributed by atoms with Crippen molar-refractivity contribution < 1.29 is 0 Å².